The monoisotopic (exact) mass is 265 g/mol. The molecule has 6 heteroatoms. The highest BCUT2D eigenvalue weighted by molar-refractivity contribution is 5.05. The molecule has 0 radical (unpaired) electrons. The first-order valence-corrected chi connectivity index (χ1v) is 6.76. The molecule has 0 saturated carbocycles. The summed E-state index contributed by atoms with van der Waals surface area (Å²) in [6, 6.07) is 1.93. The Morgan fingerprint density at radius 1 is 1.47 bits per heavy atom. The molecule has 0 aliphatic carbocycles. The minimum Gasteiger partial charge on any atom is -0.330 e. The smallest absolute Gasteiger partial charge is 0.251 e. The van der Waals surface area contributed by atoms with E-state index in [1.54, 1.807) is 0 Å². The molecular weight excluding hydrogens is 242 g/mol. The van der Waals surface area contributed by atoms with Crippen LogP contribution in [0.15, 0.2) is 10.9 Å². The minimum absolute atomic E-state index is 0.0831. The number of hydrogen-bond donors (Lipinski definition) is 2. The van der Waals surface area contributed by atoms with Crippen LogP contribution in [0, 0.1) is 0 Å². The summed E-state index contributed by atoms with van der Waals surface area (Å²) in [5.41, 5.74) is 6.22. The van der Waals surface area contributed by atoms with E-state index in [4.69, 9.17) is 5.73 Å². The van der Waals surface area contributed by atoms with Crippen molar-refractivity contribution in [2.24, 2.45) is 5.73 Å². The van der Waals surface area contributed by atoms with Crippen LogP contribution in [-0.4, -0.2) is 66.1 Å². The lowest BCUT2D eigenvalue weighted by Crippen LogP contribution is -2.51. The average molecular weight is 265 g/mol. The lowest BCUT2D eigenvalue weighted by Gasteiger charge is -2.37. The molecule has 0 spiro atoms. The lowest BCUT2D eigenvalue weighted by atomic mass is 10.1. The fourth-order valence-corrected chi connectivity index (χ4v) is 2.48. The molecule has 0 amide bonds. The van der Waals surface area contributed by atoms with Gasteiger partial charge in [0.15, 0.2) is 0 Å². The van der Waals surface area contributed by atoms with Crippen molar-refractivity contribution in [1.29, 1.82) is 0 Å². The first-order chi connectivity index (χ1) is 9.08. The number of rotatable bonds is 4. The van der Waals surface area contributed by atoms with Crippen LogP contribution in [0.25, 0.3) is 0 Å². The summed E-state index contributed by atoms with van der Waals surface area (Å²) >= 11 is 0. The van der Waals surface area contributed by atoms with Crippen molar-refractivity contribution in [2.45, 2.75) is 18.9 Å². The first-order valence-electron chi connectivity index (χ1n) is 6.76. The number of hydrogen-bond acceptors (Lipinski definition) is 5. The highest BCUT2D eigenvalue weighted by atomic mass is 16.1. The first kappa shape index (κ1) is 14.2. The lowest BCUT2D eigenvalue weighted by molar-refractivity contribution is 0.113. The van der Waals surface area contributed by atoms with Crippen molar-refractivity contribution >= 4 is 0 Å². The van der Waals surface area contributed by atoms with Crippen LogP contribution in [0.4, 0.5) is 0 Å². The number of nitrogens with zero attached hydrogens (tertiary/aromatic N) is 3. The van der Waals surface area contributed by atoms with Gasteiger partial charge in [-0.25, -0.2) is 4.98 Å². The second-order valence-corrected chi connectivity index (χ2v) is 5.32. The Morgan fingerprint density at radius 3 is 3.00 bits per heavy atom. The van der Waals surface area contributed by atoms with E-state index in [2.05, 4.69) is 33.9 Å². The molecule has 2 rings (SSSR count). The van der Waals surface area contributed by atoms with Gasteiger partial charge in [0.2, 0.25) is 0 Å². The largest absolute Gasteiger partial charge is 0.330 e. The van der Waals surface area contributed by atoms with Gasteiger partial charge in [-0.05, 0) is 20.6 Å². The summed E-state index contributed by atoms with van der Waals surface area (Å²) in [5, 5.41) is 0. The van der Waals surface area contributed by atoms with Crippen molar-refractivity contribution in [3.05, 3.63) is 27.9 Å². The molecule has 1 aliphatic heterocycles. The number of nitrogens with one attached hydrogen (secondary N) is 1. The number of aromatic nitrogens is 2. The Bertz CT molecular complexity index is 472. The number of piperazine rings is 1. The van der Waals surface area contributed by atoms with Gasteiger partial charge in [0, 0.05) is 50.3 Å². The van der Waals surface area contributed by atoms with Gasteiger partial charge in [-0.3, -0.25) is 4.79 Å². The topological polar surface area (TPSA) is 78.2 Å². The van der Waals surface area contributed by atoms with E-state index in [1.807, 2.05) is 0 Å². The van der Waals surface area contributed by atoms with E-state index >= 15 is 0 Å². The zero-order chi connectivity index (χ0) is 13.8. The minimum atomic E-state index is -0.0831. The maximum Gasteiger partial charge on any atom is 0.251 e. The van der Waals surface area contributed by atoms with Crippen molar-refractivity contribution in [2.75, 3.05) is 40.3 Å². The fraction of sp³-hybridized carbons (Fsp3) is 0.692. The SMILES string of the molecule is CN1CCN(C)C(Cc2nc(CCN)cc(=O)[nH]2)C1. The Balaban J connectivity index is 2.11. The molecule has 1 saturated heterocycles. The summed E-state index contributed by atoms with van der Waals surface area (Å²) in [7, 11) is 4.25. The summed E-state index contributed by atoms with van der Waals surface area (Å²) in [6.45, 7) is 3.65. The van der Waals surface area contributed by atoms with Gasteiger partial charge in [0.05, 0.1) is 0 Å². The van der Waals surface area contributed by atoms with Gasteiger partial charge in [-0.2, -0.15) is 0 Å². The van der Waals surface area contributed by atoms with Crippen molar-refractivity contribution in [3.63, 3.8) is 0 Å². The molecular formula is C13H23N5O. The summed E-state index contributed by atoms with van der Waals surface area (Å²) in [5.74, 6) is 0.767. The van der Waals surface area contributed by atoms with Gasteiger partial charge in [0.25, 0.3) is 5.56 Å². The highest BCUT2D eigenvalue weighted by Crippen LogP contribution is 2.09. The molecule has 1 fully saturated rings. The Hall–Kier alpha value is -1.24. The summed E-state index contributed by atoms with van der Waals surface area (Å²) in [6.07, 6.45) is 1.42. The molecule has 2 heterocycles. The van der Waals surface area contributed by atoms with Crippen LogP contribution in [0.1, 0.15) is 11.5 Å². The maximum absolute atomic E-state index is 11.6. The van der Waals surface area contributed by atoms with Gasteiger partial charge in [-0.15, -0.1) is 0 Å². The molecule has 19 heavy (non-hydrogen) atoms. The molecule has 0 aromatic carbocycles. The summed E-state index contributed by atoms with van der Waals surface area (Å²) < 4.78 is 0. The van der Waals surface area contributed by atoms with E-state index in [0.717, 1.165) is 37.6 Å². The van der Waals surface area contributed by atoms with Crippen molar-refractivity contribution < 1.29 is 0 Å². The van der Waals surface area contributed by atoms with E-state index in [0.29, 0.717) is 19.0 Å². The number of aromatic amines is 1. The van der Waals surface area contributed by atoms with E-state index < -0.39 is 0 Å². The fourth-order valence-electron chi connectivity index (χ4n) is 2.48. The van der Waals surface area contributed by atoms with Crippen LogP contribution in [0.2, 0.25) is 0 Å². The van der Waals surface area contributed by atoms with E-state index in [1.165, 1.54) is 6.07 Å². The maximum atomic E-state index is 11.6. The molecule has 1 aromatic heterocycles. The van der Waals surface area contributed by atoms with Crippen molar-refractivity contribution in [3.8, 4) is 0 Å². The van der Waals surface area contributed by atoms with E-state index in [9.17, 15) is 4.79 Å². The average Bonchev–Trinajstić information content (AvgIpc) is 2.33. The predicted octanol–water partition coefficient (Wildman–Crippen LogP) is -0.941. The molecule has 6 nitrogen and oxygen atoms in total. The Labute approximate surface area is 113 Å². The number of nitrogens with two attached hydrogens (primary N) is 1. The van der Waals surface area contributed by atoms with Gasteiger partial charge in [-0.1, -0.05) is 0 Å². The van der Waals surface area contributed by atoms with Crippen molar-refractivity contribution in [1.82, 2.24) is 19.8 Å². The quantitative estimate of drug-likeness (QED) is 0.734. The van der Waals surface area contributed by atoms with Crippen LogP contribution in [0.5, 0.6) is 0 Å². The number of likely N-dealkylation sites (N-methyl/N-ethyl adjacent to an activating group) is 2. The number of H-pyrrole nitrogens is 1. The molecule has 1 unspecified atom stereocenters. The van der Waals surface area contributed by atoms with Gasteiger partial charge in [0.1, 0.15) is 5.82 Å². The molecule has 1 aliphatic rings. The molecule has 1 aromatic rings. The second-order valence-electron chi connectivity index (χ2n) is 5.32. The molecule has 3 N–H and O–H groups in total. The zero-order valence-electron chi connectivity index (χ0n) is 11.7. The second kappa shape index (κ2) is 6.27. The van der Waals surface area contributed by atoms with Crippen LogP contribution < -0.4 is 11.3 Å². The third kappa shape index (κ3) is 3.86. The van der Waals surface area contributed by atoms with Gasteiger partial charge >= 0.3 is 0 Å². The normalized spacial score (nSPS) is 21.7. The predicted molar refractivity (Wildman–Crippen MR) is 75.2 cm³/mol. The molecule has 1 atom stereocenters. The highest BCUT2D eigenvalue weighted by Gasteiger charge is 2.23. The summed E-state index contributed by atoms with van der Waals surface area (Å²) in [4.78, 5) is 23.6. The third-order valence-corrected chi connectivity index (χ3v) is 3.65. The standard InChI is InChI=1S/C13H23N5O/c1-17-5-6-18(2)11(9-17)8-12-15-10(3-4-14)7-13(19)16-12/h7,11H,3-6,8-9,14H2,1-2H3,(H,15,16,19). The van der Waals surface area contributed by atoms with Gasteiger partial charge < -0.3 is 20.5 Å². The molecule has 0 bridgehead atoms. The van der Waals surface area contributed by atoms with Crippen LogP contribution in [0.3, 0.4) is 0 Å². The van der Waals surface area contributed by atoms with E-state index in [-0.39, 0.29) is 5.56 Å². The van der Waals surface area contributed by atoms with Crippen LogP contribution >= 0.6 is 0 Å². The van der Waals surface area contributed by atoms with Crippen LogP contribution in [-0.2, 0) is 12.8 Å². The zero-order valence-corrected chi connectivity index (χ0v) is 11.7. The Kier molecular flexibility index (Phi) is 4.68. The molecule has 106 valence electrons. The third-order valence-electron chi connectivity index (χ3n) is 3.65. The Morgan fingerprint density at radius 2 is 2.26 bits per heavy atom.